The zero-order chi connectivity index (χ0) is 9.97. The minimum Gasteiger partial charge on any atom is -0.263 e. The molecular formula is C10H16N4. The second kappa shape index (κ2) is 3.82. The first-order valence-electron chi connectivity index (χ1n) is 5.26. The third-order valence-electron chi connectivity index (χ3n) is 2.44. The largest absolute Gasteiger partial charge is 0.263 e. The van der Waals surface area contributed by atoms with Crippen LogP contribution >= 0.6 is 0 Å². The number of aromatic amines is 1. The molecular weight excluding hydrogens is 176 g/mol. The van der Waals surface area contributed by atoms with Gasteiger partial charge in [-0.1, -0.05) is 20.3 Å². The highest BCUT2D eigenvalue weighted by molar-refractivity contribution is 5.45. The molecule has 0 aliphatic heterocycles. The SMILES string of the molecule is CCCCc1nc2c(CC)cnn2[nH]1. The molecule has 0 aliphatic carbocycles. The maximum absolute atomic E-state index is 4.53. The molecule has 4 nitrogen and oxygen atoms in total. The van der Waals surface area contributed by atoms with Crippen LogP contribution in [0.5, 0.6) is 0 Å². The van der Waals surface area contributed by atoms with E-state index in [1.165, 1.54) is 18.4 Å². The van der Waals surface area contributed by atoms with Crippen molar-refractivity contribution in [2.24, 2.45) is 0 Å². The van der Waals surface area contributed by atoms with Gasteiger partial charge in [0.2, 0.25) is 0 Å². The van der Waals surface area contributed by atoms with Crippen molar-refractivity contribution in [2.75, 3.05) is 0 Å². The normalized spacial score (nSPS) is 11.3. The Kier molecular flexibility index (Phi) is 2.52. The van der Waals surface area contributed by atoms with Crippen LogP contribution in [0, 0.1) is 0 Å². The van der Waals surface area contributed by atoms with Crippen LogP contribution in [-0.4, -0.2) is 19.8 Å². The molecule has 0 saturated carbocycles. The van der Waals surface area contributed by atoms with Crippen molar-refractivity contribution >= 4 is 5.65 Å². The molecule has 0 fully saturated rings. The molecule has 0 spiro atoms. The van der Waals surface area contributed by atoms with Crippen molar-refractivity contribution in [3.63, 3.8) is 0 Å². The number of hydrogen-bond donors (Lipinski definition) is 1. The third kappa shape index (κ3) is 1.52. The molecule has 0 bridgehead atoms. The predicted molar refractivity (Wildman–Crippen MR) is 55.3 cm³/mol. The van der Waals surface area contributed by atoms with E-state index in [-0.39, 0.29) is 0 Å². The van der Waals surface area contributed by atoms with E-state index >= 15 is 0 Å². The Morgan fingerprint density at radius 3 is 3.00 bits per heavy atom. The number of aromatic nitrogens is 4. The highest BCUT2D eigenvalue weighted by Gasteiger charge is 2.07. The lowest BCUT2D eigenvalue weighted by atomic mass is 10.2. The number of aryl methyl sites for hydroxylation is 2. The molecule has 14 heavy (non-hydrogen) atoms. The smallest absolute Gasteiger partial charge is 0.178 e. The van der Waals surface area contributed by atoms with E-state index in [1.54, 1.807) is 4.63 Å². The van der Waals surface area contributed by atoms with Crippen LogP contribution in [0.3, 0.4) is 0 Å². The summed E-state index contributed by atoms with van der Waals surface area (Å²) in [5.74, 6) is 1.05. The van der Waals surface area contributed by atoms with E-state index in [1.807, 2.05) is 6.20 Å². The second-order valence-corrected chi connectivity index (χ2v) is 3.53. The summed E-state index contributed by atoms with van der Waals surface area (Å²) in [7, 11) is 0. The second-order valence-electron chi connectivity index (χ2n) is 3.53. The van der Waals surface area contributed by atoms with Gasteiger partial charge in [0, 0.05) is 12.0 Å². The summed E-state index contributed by atoms with van der Waals surface area (Å²) < 4.78 is 1.77. The molecule has 0 aliphatic rings. The molecule has 0 saturated heterocycles. The van der Waals surface area contributed by atoms with Gasteiger partial charge in [-0.05, 0) is 12.8 Å². The molecule has 2 heterocycles. The lowest BCUT2D eigenvalue weighted by Crippen LogP contribution is -1.90. The number of H-pyrrole nitrogens is 1. The van der Waals surface area contributed by atoms with E-state index in [4.69, 9.17) is 0 Å². The Morgan fingerprint density at radius 1 is 1.43 bits per heavy atom. The summed E-state index contributed by atoms with van der Waals surface area (Å²) in [6.45, 7) is 4.31. The number of nitrogens with one attached hydrogen (secondary N) is 1. The summed E-state index contributed by atoms with van der Waals surface area (Å²) in [6.07, 6.45) is 6.26. The highest BCUT2D eigenvalue weighted by atomic mass is 15.5. The van der Waals surface area contributed by atoms with Crippen LogP contribution in [0.4, 0.5) is 0 Å². The van der Waals surface area contributed by atoms with Crippen molar-refractivity contribution in [2.45, 2.75) is 39.5 Å². The van der Waals surface area contributed by atoms with Crippen molar-refractivity contribution in [1.29, 1.82) is 0 Å². The Labute approximate surface area is 83.3 Å². The number of nitrogens with zero attached hydrogens (tertiary/aromatic N) is 3. The molecule has 0 unspecified atom stereocenters. The third-order valence-corrected chi connectivity index (χ3v) is 2.44. The predicted octanol–water partition coefficient (Wildman–Crippen LogP) is 1.96. The van der Waals surface area contributed by atoms with Crippen LogP contribution in [0.15, 0.2) is 6.20 Å². The summed E-state index contributed by atoms with van der Waals surface area (Å²) in [5.41, 5.74) is 2.20. The fourth-order valence-corrected chi connectivity index (χ4v) is 1.56. The van der Waals surface area contributed by atoms with Gasteiger partial charge in [-0.3, -0.25) is 5.10 Å². The van der Waals surface area contributed by atoms with Gasteiger partial charge in [-0.2, -0.15) is 9.73 Å². The lowest BCUT2D eigenvalue weighted by molar-refractivity contribution is 0.726. The summed E-state index contributed by atoms with van der Waals surface area (Å²) in [5, 5.41) is 7.40. The number of hydrogen-bond acceptors (Lipinski definition) is 2. The van der Waals surface area contributed by atoms with E-state index in [2.05, 4.69) is 29.0 Å². The molecule has 0 radical (unpaired) electrons. The standard InChI is InChI=1S/C10H16N4/c1-3-5-6-9-12-10-8(4-2)7-11-14(10)13-9/h7H,3-6H2,1-2H3,(H,12,13). The fourth-order valence-electron chi connectivity index (χ4n) is 1.56. The zero-order valence-corrected chi connectivity index (χ0v) is 8.75. The van der Waals surface area contributed by atoms with Crippen LogP contribution in [0.2, 0.25) is 0 Å². The van der Waals surface area contributed by atoms with Crippen molar-refractivity contribution in [3.8, 4) is 0 Å². The molecule has 2 rings (SSSR count). The van der Waals surface area contributed by atoms with Gasteiger partial charge >= 0.3 is 0 Å². The Morgan fingerprint density at radius 2 is 2.29 bits per heavy atom. The van der Waals surface area contributed by atoms with Crippen LogP contribution < -0.4 is 0 Å². The van der Waals surface area contributed by atoms with Gasteiger partial charge in [0.05, 0.1) is 6.20 Å². The summed E-state index contributed by atoms with van der Waals surface area (Å²) >= 11 is 0. The van der Waals surface area contributed by atoms with Gasteiger partial charge < -0.3 is 0 Å². The summed E-state index contributed by atoms with van der Waals surface area (Å²) in [6, 6.07) is 0. The molecule has 4 heteroatoms. The number of unbranched alkanes of at least 4 members (excludes halogenated alkanes) is 1. The first-order chi connectivity index (χ1) is 6.85. The average Bonchev–Trinajstić information content (AvgIpc) is 2.73. The Hall–Kier alpha value is -1.32. The molecule has 76 valence electrons. The van der Waals surface area contributed by atoms with E-state index in [0.29, 0.717) is 0 Å². The first kappa shape index (κ1) is 9.24. The first-order valence-corrected chi connectivity index (χ1v) is 5.26. The minimum absolute atomic E-state index is 0.985. The maximum atomic E-state index is 4.53. The molecule has 1 N–H and O–H groups in total. The molecule has 0 amide bonds. The minimum atomic E-state index is 0.985. The van der Waals surface area contributed by atoms with Crippen molar-refractivity contribution < 1.29 is 0 Å². The lowest BCUT2D eigenvalue weighted by Gasteiger charge is -1.90. The molecule has 0 aromatic carbocycles. The van der Waals surface area contributed by atoms with Gasteiger partial charge in [-0.15, -0.1) is 0 Å². The van der Waals surface area contributed by atoms with Crippen LogP contribution in [0.1, 0.15) is 38.1 Å². The van der Waals surface area contributed by atoms with Crippen molar-refractivity contribution in [1.82, 2.24) is 19.8 Å². The zero-order valence-electron chi connectivity index (χ0n) is 8.75. The Balaban J connectivity index is 2.28. The van der Waals surface area contributed by atoms with Gasteiger partial charge in [0.1, 0.15) is 5.82 Å². The molecule has 0 atom stereocenters. The topological polar surface area (TPSA) is 46.0 Å². The van der Waals surface area contributed by atoms with E-state index in [0.717, 1.165) is 24.3 Å². The summed E-state index contributed by atoms with van der Waals surface area (Å²) in [4.78, 5) is 4.53. The van der Waals surface area contributed by atoms with Crippen LogP contribution in [-0.2, 0) is 12.8 Å². The van der Waals surface area contributed by atoms with Crippen LogP contribution in [0.25, 0.3) is 5.65 Å². The molecule has 2 aromatic rings. The maximum Gasteiger partial charge on any atom is 0.178 e. The number of rotatable bonds is 4. The van der Waals surface area contributed by atoms with Gasteiger partial charge in [-0.25, -0.2) is 4.98 Å². The fraction of sp³-hybridized carbons (Fsp3) is 0.600. The Bertz CT molecular complexity index is 413. The quantitative estimate of drug-likeness (QED) is 0.805. The monoisotopic (exact) mass is 192 g/mol. The average molecular weight is 192 g/mol. The van der Waals surface area contributed by atoms with Crippen molar-refractivity contribution in [3.05, 3.63) is 17.6 Å². The van der Waals surface area contributed by atoms with E-state index < -0.39 is 0 Å². The number of fused-ring (bicyclic) bond motifs is 1. The van der Waals surface area contributed by atoms with Gasteiger partial charge in [0.25, 0.3) is 0 Å². The van der Waals surface area contributed by atoms with E-state index in [9.17, 15) is 0 Å². The highest BCUT2D eigenvalue weighted by Crippen LogP contribution is 2.09. The molecule has 2 aromatic heterocycles. The van der Waals surface area contributed by atoms with Gasteiger partial charge in [0.15, 0.2) is 5.65 Å².